The Bertz CT molecular complexity index is 751. The van der Waals surface area contributed by atoms with Crippen LogP contribution in [-0.2, 0) is 16.1 Å². The fourth-order valence-corrected chi connectivity index (χ4v) is 3.77. The third-order valence-corrected chi connectivity index (χ3v) is 5.55. The fourth-order valence-electron chi connectivity index (χ4n) is 3.58. The molecule has 1 aliphatic heterocycles. The van der Waals surface area contributed by atoms with Gasteiger partial charge in [0.2, 0.25) is 0 Å². The van der Waals surface area contributed by atoms with Gasteiger partial charge in [-0.15, -0.1) is 11.6 Å². The Balaban J connectivity index is 2.27. The summed E-state index contributed by atoms with van der Waals surface area (Å²) in [5.41, 5.74) is 3.73. The van der Waals surface area contributed by atoms with Gasteiger partial charge in [0.1, 0.15) is 12.4 Å². The van der Waals surface area contributed by atoms with Crippen molar-refractivity contribution in [1.82, 2.24) is 4.90 Å². The van der Waals surface area contributed by atoms with Crippen molar-refractivity contribution in [2.24, 2.45) is 0 Å². The van der Waals surface area contributed by atoms with E-state index in [1.54, 1.807) is 0 Å². The third-order valence-electron chi connectivity index (χ3n) is 5.36. The summed E-state index contributed by atoms with van der Waals surface area (Å²) in [5.74, 6) is 1.35. The second-order valence-corrected chi connectivity index (χ2v) is 7.80. The lowest BCUT2D eigenvalue weighted by Gasteiger charge is -2.41. The Kier molecular flexibility index (Phi) is 8.37. The summed E-state index contributed by atoms with van der Waals surface area (Å²) in [5, 5.41) is 0. The van der Waals surface area contributed by atoms with Crippen molar-refractivity contribution in [2.75, 3.05) is 5.88 Å². The maximum absolute atomic E-state index is 13.5. The highest BCUT2D eigenvalue weighted by Gasteiger charge is 2.35. The van der Waals surface area contributed by atoms with E-state index in [4.69, 9.17) is 16.3 Å². The van der Waals surface area contributed by atoms with E-state index >= 15 is 0 Å². The van der Waals surface area contributed by atoms with Gasteiger partial charge >= 0.3 is 0 Å². The van der Waals surface area contributed by atoms with Gasteiger partial charge in [0.25, 0.3) is 5.91 Å². The number of rotatable bonds is 8. The van der Waals surface area contributed by atoms with Gasteiger partial charge in [-0.25, -0.2) is 0 Å². The normalized spacial score (nSPS) is 20.3. The van der Waals surface area contributed by atoms with Crippen LogP contribution in [-0.4, -0.2) is 28.8 Å². The maximum atomic E-state index is 13.5. The van der Waals surface area contributed by atoms with Crippen LogP contribution in [0.1, 0.15) is 52.5 Å². The Morgan fingerprint density at radius 3 is 2.54 bits per heavy atom. The number of halogens is 1. The zero-order valence-corrected chi connectivity index (χ0v) is 18.3. The SMILES string of the molecule is C=C(C)/C(C)=C(/CCCl)C(=O)N1C(C)CC=C(OCc2ccccc2)C1CC. The first kappa shape index (κ1) is 22.3. The topological polar surface area (TPSA) is 29.5 Å². The number of ether oxygens (including phenoxy) is 1. The molecule has 28 heavy (non-hydrogen) atoms. The Morgan fingerprint density at radius 1 is 1.29 bits per heavy atom. The molecule has 1 heterocycles. The average molecular weight is 402 g/mol. The van der Waals surface area contributed by atoms with Gasteiger partial charge in [0, 0.05) is 17.5 Å². The lowest BCUT2D eigenvalue weighted by atomic mass is 9.95. The zero-order valence-electron chi connectivity index (χ0n) is 17.5. The van der Waals surface area contributed by atoms with Crippen molar-refractivity contribution in [1.29, 1.82) is 0 Å². The third kappa shape index (κ3) is 5.29. The van der Waals surface area contributed by atoms with Crippen LogP contribution >= 0.6 is 11.6 Å². The Labute approximate surface area is 174 Å². The molecule has 0 fully saturated rings. The lowest BCUT2D eigenvalue weighted by Crippen LogP contribution is -2.50. The highest BCUT2D eigenvalue weighted by molar-refractivity contribution is 6.18. The molecule has 0 aliphatic carbocycles. The van der Waals surface area contributed by atoms with Crippen LogP contribution in [0.4, 0.5) is 0 Å². The maximum Gasteiger partial charge on any atom is 0.250 e. The summed E-state index contributed by atoms with van der Waals surface area (Å²) < 4.78 is 6.16. The number of hydrogen-bond acceptors (Lipinski definition) is 2. The molecule has 1 aliphatic rings. The van der Waals surface area contributed by atoms with Gasteiger partial charge in [-0.2, -0.15) is 0 Å². The van der Waals surface area contributed by atoms with Gasteiger partial charge in [0.05, 0.1) is 6.04 Å². The van der Waals surface area contributed by atoms with Crippen LogP contribution in [0.15, 0.2) is 65.5 Å². The minimum Gasteiger partial charge on any atom is -0.491 e. The van der Waals surface area contributed by atoms with E-state index in [9.17, 15) is 4.79 Å². The van der Waals surface area contributed by atoms with Gasteiger partial charge < -0.3 is 9.64 Å². The van der Waals surface area contributed by atoms with Gasteiger partial charge in [-0.3, -0.25) is 4.79 Å². The molecule has 0 bridgehead atoms. The Hall–Kier alpha value is -2.00. The molecule has 0 radical (unpaired) electrons. The first-order valence-electron chi connectivity index (χ1n) is 10.0. The van der Waals surface area contributed by atoms with Crippen LogP contribution in [0.2, 0.25) is 0 Å². The highest BCUT2D eigenvalue weighted by Crippen LogP contribution is 2.30. The van der Waals surface area contributed by atoms with Crippen molar-refractivity contribution < 1.29 is 9.53 Å². The molecule has 1 amide bonds. The van der Waals surface area contributed by atoms with E-state index in [0.717, 1.165) is 40.9 Å². The molecule has 2 rings (SSSR count). The number of carbonyl (C=O) groups is 1. The smallest absolute Gasteiger partial charge is 0.250 e. The van der Waals surface area contributed by atoms with E-state index < -0.39 is 0 Å². The summed E-state index contributed by atoms with van der Waals surface area (Å²) >= 11 is 6.01. The number of hydrogen-bond donors (Lipinski definition) is 0. The number of benzene rings is 1. The molecule has 4 heteroatoms. The van der Waals surface area contributed by atoms with E-state index in [1.807, 2.05) is 49.1 Å². The van der Waals surface area contributed by atoms with Crippen molar-refractivity contribution in [3.8, 4) is 0 Å². The predicted molar refractivity (Wildman–Crippen MR) is 117 cm³/mol. The van der Waals surface area contributed by atoms with E-state index in [-0.39, 0.29) is 18.0 Å². The molecule has 0 aromatic heterocycles. The quantitative estimate of drug-likeness (QED) is 0.303. The molecule has 0 saturated heterocycles. The minimum atomic E-state index is -0.0665. The van der Waals surface area contributed by atoms with Gasteiger partial charge in [-0.05, 0) is 57.2 Å². The molecule has 0 N–H and O–H groups in total. The van der Waals surface area contributed by atoms with Crippen molar-refractivity contribution >= 4 is 17.5 Å². The van der Waals surface area contributed by atoms with E-state index in [2.05, 4.69) is 26.5 Å². The van der Waals surface area contributed by atoms with Crippen molar-refractivity contribution in [3.63, 3.8) is 0 Å². The van der Waals surface area contributed by atoms with Crippen molar-refractivity contribution in [2.45, 2.75) is 65.6 Å². The average Bonchev–Trinajstić information content (AvgIpc) is 2.70. The first-order chi connectivity index (χ1) is 13.4. The summed E-state index contributed by atoms with van der Waals surface area (Å²) in [7, 11) is 0. The monoisotopic (exact) mass is 401 g/mol. The largest absolute Gasteiger partial charge is 0.491 e. The van der Waals surface area contributed by atoms with Gasteiger partial charge in [0.15, 0.2) is 0 Å². The second kappa shape index (κ2) is 10.5. The van der Waals surface area contributed by atoms with Crippen LogP contribution in [0.5, 0.6) is 0 Å². The van der Waals surface area contributed by atoms with Crippen LogP contribution in [0.25, 0.3) is 0 Å². The predicted octanol–water partition coefficient (Wildman–Crippen LogP) is 6.01. The molecular formula is C24H32ClNO2. The molecule has 2 unspecified atom stereocenters. The summed E-state index contributed by atoms with van der Waals surface area (Å²) in [6.45, 7) is 12.6. The number of carbonyl (C=O) groups excluding carboxylic acids is 1. The molecule has 152 valence electrons. The molecular weight excluding hydrogens is 370 g/mol. The standard InChI is InChI=1S/C24H32ClNO2/c1-6-22-23(28-16-20-10-8-7-9-11-20)13-12-18(4)26(22)24(27)21(14-15-25)19(5)17(2)3/h7-11,13,18,22H,2,6,12,14-16H2,1,3-5H3/b21-19-. The number of amides is 1. The molecule has 3 nitrogen and oxygen atoms in total. The fraction of sp³-hybridized carbons (Fsp3) is 0.458. The highest BCUT2D eigenvalue weighted by atomic mass is 35.5. The summed E-state index contributed by atoms with van der Waals surface area (Å²) in [6.07, 6.45) is 4.27. The van der Waals surface area contributed by atoms with E-state index in [1.165, 1.54) is 0 Å². The number of nitrogens with zero attached hydrogens (tertiary/aromatic N) is 1. The van der Waals surface area contributed by atoms with Crippen LogP contribution in [0, 0.1) is 0 Å². The molecule has 0 spiro atoms. The van der Waals surface area contributed by atoms with Crippen LogP contribution in [0.3, 0.4) is 0 Å². The molecule has 1 aromatic carbocycles. The number of allylic oxidation sites excluding steroid dienone is 2. The molecule has 1 aromatic rings. The number of alkyl halides is 1. The van der Waals surface area contributed by atoms with Crippen molar-refractivity contribution in [3.05, 3.63) is 71.0 Å². The lowest BCUT2D eigenvalue weighted by molar-refractivity contribution is -0.132. The second-order valence-electron chi connectivity index (χ2n) is 7.42. The van der Waals surface area contributed by atoms with E-state index in [0.29, 0.717) is 18.9 Å². The van der Waals surface area contributed by atoms with Gasteiger partial charge in [-0.1, -0.05) is 49.4 Å². The zero-order chi connectivity index (χ0) is 20.7. The minimum absolute atomic E-state index is 0.0504. The molecule has 0 saturated carbocycles. The molecule has 2 atom stereocenters. The first-order valence-corrected chi connectivity index (χ1v) is 10.5. The Morgan fingerprint density at radius 2 is 1.96 bits per heavy atom. The summed E-state index contributed by atoms with van der Waals surface area (Å²) in [6, 6.07) is 10.2. The summed E-state index contributed by atoms with van der Waals surface area (Å²) in [4.78, 5) is 15.5. The van der Waals surface area contributed by atoms with Crippen LogP contribution < -0.4 is 0 Å².